The maximum Gasteiger partial charge on any atom is 0.416 e. The van der Waals surface area contributed by atoms with Crippen LogP contribution in [0.5, 0.6) is 0 Å². The molecule has 1 aromatic carbocycles. The number of benzene rings is 1. The molecular formula is C10H5BrCl2F3N3O. The number of rotatable bonds is 1. The van der Waals surface area contributed by atoms with Crippen LogP contribution in [0.25, 0.3) is 5.69 Å². The van der Waals surface area contributed by atoms with Crippen LogP contribution in [0.1, 0.15) is 11.3 Å². The average molecular weight is 391 g/mol. The average Bonchev–Trinajstić information content (AvgIpc) is 2.55. The third-order valence-electron chi connectivity index (χ3n) is 2.43. The Kier molecular flexibility index (Phi) is 3.92. The van der Waals surface area contributed by atoms with Crippen LogP contribution in [0.2, 0.25) is 10.0 Å². The van der Waals surface area contributed by atoms with Gasteiger partial charge in [0.1, 0.15) is 0 Å². The summed E-state index contributed by atoms with van der Waals surface area (Å²) >= 11 is 14.6. The molecule has 1 aromatic heterocycles. The lowest BCUT2D eigenvalue weighted by Crippen LogP contribution is -2.38. The first-order valence-electron chi connectivity index (χ1n) is 5.04. The van der Waals surface area contributed by atoms with Gasteiger partial charge in [0.2, 0.25) is 10.3 Å². The van der Waals surface area contributed by atoms with Crippen LogP contribution in [-0.4, -0.2) is 9.90 Å². The molecule has 0 amide bonds. The van der Waals surface area contributed by atoms with E-state index in [0.29, 0.717) is 22.7 Å². The topological polar surface area (TPSA) is 44.8 Å². The van der Waals surface area contributed by atoms with Gasteiger partial charge in [0.05, 0.1) is 15.6 Å². The van der Waals surface area contributed by atoms with Crippen molar-refractivity contribution >= 4 is 39.1 Å². The highest BCUT2D eigenvalue weighted by molar-refractivity contribution is 9.10. The van der Waals surface area contributed by atoms with Crippen LogP contribution >= 0.6 is 39.1 Å². The fraction of sp³-hybridized carbons (Fsp3) is 0.200. The second-order valence-corrected chi connectivity index (χ2v) is 5.39. The normalized spacial score (nSPS) is 11.9. The highest BCUT2D eigenvalue weighted by Crippen LogP contribution is 2.37. The Morgan fingerprint density at radius 3 is 2.15 bits per heavy atom. The molecule has 0 spiro atoms. The highest BCUT2D eigenvalue weighted by Gasteiger charge is 2.33. The molecule has 108 valence electrons. The minimum atomic E-state index is -4.58. The molecule has 0 N–H and O–H groups in total. The Balaban J connectivity index is 2.67. The number of alkyl halides is 3. The van der Waals surface area contributed by atoms with Crippen molar-refractivity contribution in [3.8, 4) is 5.69 Å². The molecule has 0 radical (unpaired) electrons. The molecule has 1 heterocycles. The predicted molar refractivity (Wildman–Crippen MR) is 70.0 cm³/mol. The van der Waals surface area contributed by atoms with E-state index >= 15 is 0 Å². The summed E-state index contributed by atoms with van der Waals surface area (Å²) in [5, 5.41) is 15.0. The van der Waals surface area contributed by atoms with E-state index < -0.39 is 11.7 Å². The molecule has 2 aromatic rings. The summed E-state index contributed by atoms with van der Waals surface area (Å²) in [5.74, 6) is 0. The Morgan fingerprint density at radius 2 is 1.80 bits per heavy atom. The lowest BCUT2D eigenvalue weighted by Gasteiger charge is -2.11. The number of hydrogen-bond acceptors (Lipinski definition) is 2. The molecule has 0 aliphatic carbocycles. The molecule has 0 saturated heterocycles. The Morgan fingerprint density at radius 1 is 1.30 bits per heavy atom. The van der Waals surface area contributed by atoms with Crippen molar-refractivity contribution in [2.45, 2.75) is 13.1 Å². The van der Waals surface area contributed by atoms with E-state index in [4.69, 9.17) is 23.2 Å². The summed E-state index contributed by atoms with van der Waals surface area (Å²) in [5.41, 5.74) is -0.784. The van der Waals surface area contributed by atoms with Gasteiger partial charge in [-0.2, -0.15) is 13.2 Å². The van der Waals surface area contributed by atoms with Crippen molar-refractivity contribution in [2.75, 3.05) is 0 Å². The van der Waals surface area contributed by atoms with Crippen molar-refractivity contribution in [1.82, 2.24) is 9.90 Å². The lowest BCUT2D eigenvalue weighted by molar-refractivity contribution is -0.698. The van der Waals surface area contributed by atoms with Gasteiger partial charge in [-0.1, -0.05) is 23.2 Å². The fourth-order valence-corrected chi connectivity index (χ4v) is 2.37. The first kappa shape index (κ1) is 15.4. The van der Waals surface area contributed by atoms with Gasteiger partial charge in [0.15, 0.2) is 5.69 Å². The van der Waals surface area contributed by atoms with Gasteiger partial charge < -0.3 is 5.21 Å². The smallest absolute Gasteiger partial charge is 0.416 e. The van der Waals surface area contributed by atoms with E-state index in [1.54, 1.807) is 6.92 Å². The Hall–Kier alpha value is -0.990. The molecule has 0 saturated carbocycles. The molecule has 0 aliphatic heterocycles. The monoisotopic (exact) mass is 389 g/mol. The van der Waals surface area contributed by atoms with Gasteiger partial charge >= 0.3 is 6.18 Å². The van der Waals surface area contributed by atoms with Gasteiger partial charge in [-0.3, -0.25) is 0 Å². The first-order valence-corrected chi connectivity index (χ1v) is 6.59. The molecule has 4 nitrogen and oxygen atoms in total. The van der Waals surface area contributed by atoms with Crippen LogP contribution in [0.15, 0.2) is 16.7 Å². The third kappa shape index (κ3) is 2.59. The van der Waals surface area contributed by atoms with Crippen molar-refractivity contribution in [1.29, 1.82) is 0 Å². The van der Waals surface area contributed by atoms with Gasteiger partial charge in [-0.05, 0) is 16.9 Å². The maximum absolute atomic E-state index is 12.6. The van der Waals surface area contributed by atoms with E-state index in [9.17, 15) is 18.4 Å². The quantitative estimate of drug-likeness (QED) is 0.547. The number of hydrogen-bond donors (Lipinski definition) is 0. The second-order valence-electron chi connectivity index (χ2n) is 3.82. The van der Waals surface area contributed by atoms with E-state index in [-0.39, 0.29) is 20.3 Å². The minimum Gasteiger partial charge on any atom is -0.691 e. The molecule has 0 bridgehead atoms. The largest absolute Gasteiger partial charge is 0.691 e. The zero-order valence-corrected chi connectivity index (χ0v) is 12.8. The van der Waals surface area contributed by atoms with Crippen molar-refractivity contribution in [3.05, 3.63) is 43.2 Å². The first-order chi connectivity index (χ1) is 9.12. The minimum absolute atomic E-state index is 0.115. The second kappa shape index (κ2) is 5.09. The fourth-order valence-electron chi connectivity index (χ4n) is 1.51. The van der Waals surface area contributed by atoms with Gasteiger partial charge in [0, 0.05) is 28.0 Å². The predicted octanol–water partition coefficient (Wildman–Crippen LogP) is 3.90. The third-order valence-corrected chi connectivity index (χ3v) is 3.88. The highest BCUT2D eigenvalue weighted by atomic mass is 79.9. The summed E-state index contributed by atoms with van der Waals surface area (Å²) in [6.07, 6.45) is -4.58. The van der Waals surface area contributed by atoms with Crippen molar-refractivity contribution in [2.24, 2.45) is 0 Å². The summed E-state index contributed by atoms with van der Waals surface area (Å²) in [4.78, 5) is 1.11. The van der Waals surface area contributed by atoms with Crippen LogP contribution in [0.3, 0.4) is 0 Å². The Bertz CT molecular complexity index is 664. The number of aromatic nitrogens is 3. The van der Waals surface area contributed by atoms with Gasteiger partial charge in [-0.15, -0.1) is 4.85 Å². The standard InChI is InChI=1S/C10H5BrCl2F3N3O/c1-4-9(11)19(20)18(17-4)8-6(12)2-5(3-7(8)13)10(14,15)16/h2-3H,1H3. The van der Waals surface area contributed by atoms with Crippen molar-refractivity contribution in [3.63, 3.8) is 0 Å². The van der Waals surface area contributed by atoms with E-state index in [2.05, 4.69) is 21.0 Å². The zero-order valence-electron chi connectivity index (χ0n) is 9.67. The molecular weight excluding hydrogens is 386 g/mol. The van der Waals surface area contributed by atoms with E-state index in [1.165, 1.54) is 0 Å². The van der Waals surface area contributed by atoms with Crippen LogP contribution in [0.4, 0.5) is 13.2 Å². The van der Waals surface area contributed by atoms with Gasteiger partial charge in [-0.25, -0.2) is 0 Å². The Labute approximate surface area is 129 Å². The summed E-state index contributed by atoms with van der Waals surface area (Å²) in [7, 11) is 0. The molecule has 10 heteroatoms. The van der Waals surface area contributed by atoms with E-state index in [1.807, 2.05) is 0 Å². The molecule has 0 fully saturated rings. The maximum atomic E-state index is 12.6. The van der Waals surface area contributed by atoms with Crippen LogP contribution in [0, 0.1) is 12.1 Å². The summed E-state index contributed by atoms with van der Waals surface area (Å²) < 4.78 is 38.0. The molecule has 0 atom stereocenters. The molecule has 0 unspecified atom stereocenters. The van der Waals surface area contributed by atoms with Crippen LogP contribution in [-0.2, 0) is 6.18 Å². The van der Waals surface area contributed by atoms with Crippen molar-refractivity contribution < 1.29 is 18.0 Å². The molecule has 2 rings (SSSR count). The zero-order chi connectivity index (χ0) is 15.2. The number of nitrogens with zero attached hydrogens (tertiary/aromatic N) is 3. The number of aryl methyl sites for hydroxylation is 1. The number of halogens is 6. The van der Waals surface area contributed by atoms with E-state index in [0.717, 1.165) is 4.80 Å². The molecule has 0 aliphatic rings. The lowest BCUT2D eigenvalue weighted by atomic mass is 10.2. The summed E-state index contributed by atoms with van der Waals surface area (Å²) in [6, 6.07) is 1.38. The summed E-state index contributed by atoms with van der Waals surface area (Å²) in [6.45, 7) is 1.54. The SMILES string of the molecule is Cc1nn(-c2c(Cl)cc(C(F)(F)F)cc2Cl)[n+]([O-])c1Br. The van der Waals surface area contributed by atoms with Crippen LogP contribution < -0.4 is 4.85 Å². The molecule has 20 heavy (non-hydrogen) atoms. The van der Waals surface area contributed by atoms with Gasteiger partial charge in [0.25, 0.3) is 0 Å².